The highest BCUT2D eigenvalue weighted by atomic mass is 19.4. The summed E-state index contributed by atoms with van der Waals surface area (Å²) >= 11 is 0. The number of nitrogens with two attached hydrogens (primary N) is 1. The predicted octanol–water partition coefficient (Wildman–Crippen LogP) is 3.64. The van der Waals surface area contributed by atoms with E-state index in [1.54, 1.807) is 13.8 Å². The Labute approximate surface area is 148 Å². The Hall–Kier alpha value is -2.90. The number of nitrogens with zero attached hydrogens (tertiary/aromatic N) is 1. The second kappa shape index (κ2) is 7.55. The molecule has 0 saturated heterocycles. The summed E-state index contributed by atoms with van der Waals surface area (Å²) in [6, 6.07) is 7.68. The van der Waals surface area contributed by atoms with Crippen molar-refractivity contribution in [1.29, 1.82) is 0 Å². The normalized spacial score (nSPS) is 12.5. The van der Waals surface area contributed by atoms with Gasteiger partial charge in [0, 0.05) is 6.42 Å². The van der Waals surface area contributed by atoms with Crippen LogP contribution in [-0.2, 0) is 11.0 Å². The quantitative estimate of drug-likeness (QED) is 0.848. The van der Waals surface area contributed by atoms with Crippen LogP contribution in [0, 0.1) is 6.92 Å². The van der Waals surface area contributed by atoms with E-state index < -0.39 is 17.6 Å². The van der Waals surface area contributed by atoms with Crippen LogP contribution in [0.4, 0.5) is 18.9 Å². The lowest BCUT2D eigenvalue weighted by Crippen LogP contribution is -2.17. The fraction of sp³-hybridized carbons (Fsp3) is 0.278. The van der Waals surface area contributed by atoms with Crippen LogP contribution >= 0.6 is 0 Å². The number of anilines is 1. The SMILES string of the molecule is Cc1nc(C(N)=O)ccc1NC(=O)C[C@H](C)c1ccc(C(F)(F)F)cc1. The molecule has 1 heterocycles. The summed E-state index contributed by atoms with van der Waals surface area (Å²) in [4.78, 5) is 27.3. The molecule has 2 rings (SSSR count). The van der Waals surface area contributed by atoms with Crippen molar-refractivity contribution in [2.75, 3.05) is 5.32 Å². The van der Waals surface area contributed by atoms with Gasteiger partial charge < -0.3 is 11.1 Å². The van der Waals surface area contributed by atoms with Crippen molar-refractivity contribution in [2.24, 2.45) is 5.73 Å². The standard InChI is InChI=1S/C18H18F3N3O2/c1-10(12-3-5-13(6-4-12)18(19,20)21)9-16(25)24-14-7-8-15(17(22)26)23-11(14)2/h3-8,10H,9H2,1-2H3,(H2,22,26)(H,24,25)/t10-/m0/s1. The number of aryl methyl sites for hydroxylation is 1. The van der Waals surface area contributed by atoms with Crippen molar-refractivity contribution < 1.29 is 22.8 Å². The molecule has 0 aliphatic heterocycles. The first kappa shape index (κ1) is 19.4. The van der Waals surface area contributed by atoms with E-state index in [2.05, 4.69) is 10.3 Å². The van der Waals surface area contributed by atoms with Crippen molar-refractivity contribution in [3.63, 3.8) is 0 Å². The van der Waals surface area contributed by atoms with Gasteiger partial charge >= 0.3 is 6.18 Å². The average Bonchev–Trinajstić information content (AvgIpc) is 2.55. The van der Waals surface area contributed by atoms with E-state index >= 15 is 0 Å². The van der Waals surface area contributed by atoms with Gasteiger partial charge in [-0.3, -0.25) is 9.59 Å². The molecule has 2 aromatic rings. The highest BCUT2D eigenvalue weighted by Crippen LogP contribution is 2.30. The second-order valence-electron chi connectivity index (χ2n) is 5.97. The molecule has 0 saturated carbocycles. The zero-order valence-corrected chi connectivity index (χ0v) is 14.2. The number of aromatic nitrogens is 1. The Balaban J connectivity index is 2.02. The number of pyridine rings is 1. The van der Waals surface area contributed by atoms with Crippen molar-refractivity contribution in [2.45, 2.75) is 32.4 Å². The van der Waals surface area contributed by atoms with E-state index in [1.165, 1.54) is 24.3 Å². The minimum Gasteiger partial charge on any atom is -0.364 e. The lowest BCUT2D eigenvalue weighted by atomic mass is 9.96. The Kier molecular flexibility index (Phi) is 5.64. The van der Waals surface area contributed by atoms with Crippen molar-refractivity contribution in [1.82, 2.24) is 4.98 Å². The molecule has 0 bridgehead atoms. The molecule has 8 heteroatoms. The van der Waals surface area contributed by atoms with E-state index in [9.17, 15) is 22.8 Å². The summed E-state index contributed by atoms with van der Waals surface area (Å²) in [6.45, 7) is 3.38. The predicted molar refractivity (Wildman–Crippen MR) is 90.6 cm³/mol. The molecule has 2 amide bonds. The van der Waals surface area contributed by atoms with Gasteiger partial charge in [0.05, 0.1) is 16.9 Å². The molecule has 0 spiro atoms. The van der Waals surface area contributed by atoms with E-state index in [1.807, 2.05) is 0 Å². The van der Waals surface area contributed by atoms with E-state index in [-0.39, 0.29) is 23.9 Å². The largest absolute Gasteiger partial charge is 0.416 e. The van der Waals surface area contributed by atoms with Crippen LogP contribution in [0.15, 0.2) is 36.4 Å². The number of rotatable bonds is 5. The molecule has 1 atom stereocenters. The first-order chi connectivity index (χ1) is 12.1. The fourth-order valence-corrected chi connectivity index (χ4v) is 2.43. The van der Waals surface area contributed by atoms with Gasteiger partial charge in [0.2, 0.25) is 5.91 Å². The van der Waals surface area contributed by atoms with Crippen LogP contribution in [0.3, 0.4) is 0 Å². The number of benzene rings is 1. The Bertz CT molecular complexity index is 817. The van der Waals surface area contributed by atoms with E-state index in [0.717, 1.165) is 12.1 Å². The van der Waals surface area contributed by atoms with Crippen LogP contribution < -0.4 is 11.1 Å². The minimum absolute atomic E-state index is 0.0857. The van der Waals surface area contributed by atoms with Gasteiger partial charge in [0.1, 0.15) is 5.69 Å². The number of alkyl halides is 3. The number of nitrogens with one attached hydrogen (secondary N) is 1. The molecule has 0 aliphatic carbocycles. The molecule has 138 valence electrons. The number of halogens is 3. The second-order valence-corrected chi connectivity index (χ2v) is 5.97. The third kappa shape index (κ3) is 4.81. The zero-order chi connectivity index (χ0) is 19.5. The summed E-state index contributed by atoms with van der Waals surface area (Å²) in [6.07, 6.45) is -4.30. The average molecular weight is 365 g/mol. The lowest BCUT2D eigenvalue weighted by molar-refractivity contribution is -0.137. The molecule has 1 aromatic heterocycles. The molecule has 26 heavy (non-hydrogen) atoms. The highest BCUT2D eigenvalue weighted by Gasteiger charge is 2.30. The van der Waals surface area contributed by atoms with Gasteiger partial charge in [-0.2, -0.15) is 13.2 Å². The molecule has 0 fully saturated rings. The van der Waals surface area contributed by atoms with Gasteiger partial charge in [0.25, 0.3) is 5.91 Å². The van der Waals surface area contributed by atoms with Crippen molar-refractivity contribution in [3.05, 3.63) is 58.9 Å². The maximum Gasteiger partial charge on any atom is 0.416 e. The van der Waals surface area contributed by atoms with Crippen LogP contribution in [0.25, 0.3) is 0 Å². The monoisotopic (exact) mass is 365 g/mol. The lowest BCUT2D eigenvalue weighted by Gasteiger charge is -2.14. The maximum absolute atomic E-state index is 12.6. The van der Waals surface area contributed by atoms with Crippen LogP contribution in [0.5, 0.6) is 0 Å². The maximum atomic E-state index is 12.6. The number of carbonyl (C=O) groups excluding carboxylic acids is 2. The molecule has 1 aromatic carbocycles. The molecule has 0 radical (unpaired) electrons. The molecule has 0 aliphatic rings. The first-order valence-electron chi connectivity index (χ1n) is 7.82. The number of hydrogen-bond acceptors (Lipinski definition) is 3. The summed E-state index contributed by atoms with van der Waals surface area (Å²) in [5.74, 6) is -1.24. The molecule has 5 nitrogen and oxygen atoms in total. The first-order valence-corrected chi connectivity index (χ1v) is 7.82. The molecule has 3 N–H and O–H groups in total. The number of hydrogen-bond donors (Lipinski definition) is 2. The van der Waals surface area contributed by atoms with Crippen LogP contribution in [-0.4, -0.2) is 16.8 Å². The summed E-state index contributed by atoms with van der Waals surface area (Å²) in [7, 11) is 0. The molecular weight excluding hydrogens is 347 g/mol. The number of primary amides is 1. The van der Waals surface area contributed by atoms with Gasteiger partial charge in [0.15, 0.2) is 0 Å². The molecular formula is C18H18F3N3O2. The topological polar surface area (TPSA) is 85.1 Å². The third-order valence-electron chi connectivity index (χ3n) is 3.91. The van der Waals surface area contributed by atoms with Crippen molar-refractivity contribution in [3.8, 4) is 0 Å². The Morgan fingerprint density at radius 3 is 2.27 bits per heavy atom. The number of amides is 2. The minimum atomic E-state index is -4.39. The smallest absolute Gasteiger partial charge is 0.364 e. The number of carbonyl (C=O) groups is 2. The van der Waals surface area contributed by atoms with Gasteiger partial charge in [-0.05, 0) is 42.7 Å². The van der Waals surface area contributed by atoms with E-state index in [4.69, 9.17) is 5.73 Å². The van der Waals surface area contributed by atoms with Crippen LogP contribution in [0.2, 0.25) is 0 Å². The third-order valence-corrected chi connectivity index (χ3v) is 3.91. The molecule has 0 unspecified atom stereocenters. The van der Waals surface area contributed by atoms with Gasteiger partial charge in [-0.25, -0.2) is 4.98 Å². The van der Waals surface area contributed by atoms with Crippen molar-refractivity contribution >= 4 is 17.5 Å². The van der Waals surface area contributed by atoms with Gasteiger partial charge in [-0.1, -0.05) is 19.1 Å². The summed E-state index contributed by atoms with van der Waals surface area (Å²) < 4.78 is 37.8. The summed E-state index contributed by atoms with van der Waals surface area (Å²) in [5, 5.41) is 2.68. The van der Waals surface area contributed by atoms with Crippen LogP contribution in [0.1, 0.15) is 46.6 Å². The Morgan fingerprint density at radius 1 is 1.15 bits per heavy atom. The zero-order valence-electron chi connectivity index (χ0n) is 14.2. The summed E-state index contributed by atoms with van der Waals surface area (Å²) in [5.41, 5.74) is 6.03. The van der Waals surface area contributed by atoms with E-state index in [0.29, 0.717) is 16.9 Å². The highest BCUT2D eigenvalue weighted by molar-refractivity contribution is 5.94. The van der Waals surface area contributed by atoms with Gasteiger partial charge in [-0.15, -0.1) is 0 Å². The fourth-order valence-electron chi connectivity index (χ4n) is 2.43. The Morgan fingerprint density at radius 2 is 1.77 bits per heavy atom.